The van der Waals surface area contributed by atoms with Gasteiger partial charge in [0.15, 0.2) is 0 Å². The number of carbonyl (C=O) groups excluding carboxylic acids is 1. The first-order chi connectivity index (χ1) is 13.9. The van der Waals surface area contributed by atoms with Gasteiger partial charge in [0.2, 0.25) is 6.08 Å². The van der Waals surface area contributed by atoms with Gasteiger partial charge in [-0.2, -0.15) is 0 Å². The van der Waals surface area contributed by atoms with E-state index in [1.807, 2.05) is 6.08 Å². The van der Waals surface area contributed by atoms with Crippen molar-refractivity contribution in [1.29, 1.82) is 0 Å². The molecule has 0 aromatic heterocycles. The second-order valence-corrected chi connectivity index (χ2v) is 11.9. The van der Waals surface area contributed by atoms with Crippen LogP contribution in [-0.4, -0.2) is 12.1 Å². The Bertz CT molecular complexity index is 674. The van der Waals surface area contributed by atoms with Crippen LogP contribution in [0.1, 0.15) is 105 Å². The molecule has 0 saturated heterocycles. The predicted octanol–water partition coefficient (Wildman–Crippen LogP) is 7.49. The Morgan fingerprint density at radius 1 is 1.10 bits per heavy atom. The number of unbranched alkanes of at least 4 members (excludes halogenated alkanes) is 1. The summed E-state index contributed by atoms with van der Waals surface area (Å²) in [6.45, 7) is 9.94. The van der Waals surface area contributed by atoms with Crippen molar-refractivity contribution in [2.75, 3.05) is 0 Å². The number of isocyanates is 1. The zero-order valence-corrected chi connectivity index (χ0v) is 19.4. The fourth-order valence-electron chi connectivity index (χ4n) is 8.35. The average molecular weight is 398 g/mol. The van der Waals surface area contributed by atoms with Crippen LogP contribution in [0.4, 0.5) is 0 Å². The first-order valence-electron chi connectivity index (χ1n) is 12.6. The molecule has 7 atom stereocenters. The normalized spacial score (nSPS) is 43.8. The number of fused-ring (bicyclic) bond motifs is 5. The molecule has 0 spiro atoms. The Kier molecular flexibility index (Phi) is 6.14. The zero-order valence-electron chi connectivity index (χ0n) is 19.4. The van der Waals surface area contributed by atoms with E-state index in [1.165, 1.54) is 64.2 Å². The molecule has 0 aliphatic heterocycles. The van der Waals surface area contributed by atoms with E-state index in [1.54, 1.807) is 5.57 Å². The van der Waals surface area contributed by atoms with Crippen LogP contribution >= 0.6 is 0 Å². The van der Waals surface area contributed by atoms with Gasteiger partial charge < -0.3 is 0 Å². The van der Waals surface area contributed by atoms with Gasteiger partial charge in [0.25, 0.3) is 0 Å². The lowest BCUT2D eigenvalue weighted by Gasteiger charge is -2.58. The largest absolute Gasteiger partial charge is 0.235 e. The standard InChI is InChI=1S/C27H43NO/c1-19(2)7-5-6-8-20-10-12-24-23-11-9-21-17-22(28-18-29)13-15-27(21,4)25(23)14-16-26(20,24)3/h9,19-20,22-25H,5-8,10-17H2,1-4H3/t20-,22-,23?,24-,25-,26+,27?/m0/s1. The minimum atomic E-state index is 0.193. The van der Waals surface area contributed by atoms with Crippen molar-refractivity contribution in [2.45, 2.75) is 111 Å². The quantitative estimate of drug-likeness (QED) is 0.198. The van der Waals surface area contributed by atoms with E-state index in [4.69, 9.17) is 0 Å². The third-order valence-corrected chi connectivity index (χ3v) is 10.1. The van der Waals surface area contributed by atoms with Crippen LogP contribution in [0.15, 0.2) is 16.6 Å². The number of hydrogen-bond donors (Lipinski definition) is 0. The van der Waals surface area contributed by atoms with Crippen LogP contribution < -0.4 is 0 Å². The van der Waals surface area contributed by atoms with Crippen LogP contribution in [0.2, 0.25) is 0 Å². The lowest BCUT2D eigenvalue weighted by Crippen LogP contribution is -2.50. The highest BCUT2D eigenvalue weighted by atomic mass is 16.1. The van der Waals surface area contributed by atoms with E-state index in [9.17, 15) is 4.79 Å². The molecule has 0 aromatic rings. The van der Waals surface area contributed by atoms with Crippen LogP contribution in [0.5, 0.6) is 0 Å². The number of allylic oxidation sites excluding steroid dienone is 1. The summed E-state index contributed by atoms with van der Waals surface area (Å²) in [5.41, 5.74) is 2.59. The summed E-state index contributed by atoms with van der Waals surface area (Å²) in [6.07, 6.45) is 20.6. The van der Waals surface area contributed by atoms with Gasteiger partial charge in [0.05, 0.1) is 6.04 Å². The van der Waals surface area contributed by atoms with Crippen molar-refractivity contribution < 1.29 is 4.79 Å². The molecule has 4 aliphatic rings. The third kappa shape index (κ3) is 3.80. The number of rotatable bonds is 6. The Morgan fingerprint density at radius 3 is 2.69 bits per heavy atom. The van der Waals surface area contributed by atoms with Crippen molar-refractivity contribution in [3.8, 4) is 0 Å². The summed E-state index contributed by atoms with van der Waals surface area (Å²) in [5, 5.41) is 0. The van der Waals surface area contributed by atoms with Gasteiger partial charge in [0, 0.05) is 0 Å². The summed E-state index contributed by atoms with van der Waals surface area (Å²) in [7, 11) is 0. The van der Waals surface area contributed by atoms with Crippen molar-refractivity contribution in [2.24, 2.45) is 45.4 Å². The summed E-state index contributed by atoms with van der Waals surface area (Å²) < 4.78 is 0. The molecule has 162 valence electrons. The second-order valence-electron chi connectivity index (χ2n) is 11.9. The van der Waals surface area contributed by atoms with E-state index in [2.05, 4.69) is 38.8 Å². The molecule has 0 N–H and O–H groups in total. The minimum absolute atomic E-state index is 0.193. The predicted molar refractivity (Wildman–Crippen MR) is 120 cm³/mol. The Labute approximate surface area is 179 Å². The SMILES string of the molecule is CC(C)CCCC[C@H]1CC[C@H]2C3CC=C4C[C@@H](N=C=O)CCC4(C)[C@H]3CC[C@]12C. The van der Waals surface area contributed by atoms with Gasteiger partial charge in [0.1, 0.15) is 0 Å². The summed E-state index contributed by atoms with van der Waals surface area (Å²) in [5.74, 6) is 4.53. The Hall–Kier alpha value is -0.880. The topological polar surface area (TPSA) is 29.4 Å². The van der Waals surface area contributed by atoms with Gasteiger partial charge in [-0.3, -0.25) is 0 Å². The second kappa shape index (κ2) is 8.33. The van der Waals surface area contributed by atoms with Crippen LogP contribution in [-0.2, 0) is 4.79 Å². The monoisotopic (exact) mass is 397 g/mol. The molecular weight excluding hydrogens is 354 g/mol. The van der Waals surface area contributed by atoms with E-state index in [0.29, 0.717) is 10.8 Å². The first-order valence-corrected chi connectivity index (χ1v) is 12.6. The highest BCUT2D eigenvalue weighted by Crippen LogP contribution is 2.66. The molecule has 0 heterocycles. The van der Waals surface area contributed by atoms with Crippen LogP contribution in [0.3, 0.4) is 0 Å². The molecule has 4 aliphatic carbocycles. The number of aliphatic imine (C=N–C) groups is 1. The van der Waals surface area contributed by atoms with Crippen molar-refractivity contribution >= 4 is 6.08 Å². The Morgan fingerprint density at radius 2 is 1.93 bits per heavy atom. The van der Waals surface area contributed by atoms with Crippen molar-refractivity contribution in [1.82, 2.24) is 0 Å². The highest BCUT2D eigenvalue weighted by molar-refractivity contribution is 5.35. The molecule has 3 fully saturated rings. The highest BCUT2D eigenvalue weighted by Gasteiger charge is 2.58. The maximum Gasteiger partial charge on any atom is 0.235 e. The van der Waals surface area contributed by atoms with Gasteiger partial charge in [-0.1, -0.05) is 58.6 Å². The van der Waals surface area contributed by atoms with E-state index >= 15 is 0 Å². The molecule has 3 saturated carbocycles. The average Bonchev–Trinajstić information content (AvgIpc) is 3.02. The molecule has 29 heavy (non-hydrogen) atoms. The van der Waals surface area contributed by atoms with Gasteiger partial charge in [-0.25, -0.2) is 9.79 Å². The van der Waals surface area contributed by atoms with E-state index < -0.39 is 0 Å². The molecule has 0 amide bonds. The van der Waals surface area contributed by atoms with Gasteiger partial charge >= 0.3 is 0 Å². The molecule has 2 heteroatoms. The fourth-order valence-corrected chi connectivity index (χ4v) is 8.35. The van der Waals surface area contributed by atoms with Crippen molar-refractivity contribution in [3.05, 3.63) is 11.6 Å². The van der Waals surface area contributed by atoms with Crippen LogP contribution in [0.25, 0.3) is 0 Å². The summed E-state index contributed by atoms with van der Waals surface area (Å²) >= 11 is 0. The zero-order chi connectivity index (χ0) is 20.6. The van der Waals surface area contributed by atoms with E-state index in [0.717, 1.165) is 42.4 Å². The van der Waals surface area contributed by atoms with Crippen molar-refractivity contribution in [3.63, 3.8) is 0 Å². The molecule has 2 unspecified atom stereocenters. The smallest absolute Gasteiger partial charge is 0.211 e. The third-order valence-electron chi connectivity index (χ3n) is 10.1. The van der Waals surface area contributed by atoms with Gasteiger partial charge in [-0.05, 0) is 98.2 Å². The molecule has 4 rings (SSSR count). The summed E-state index contributed by atoms with van der Waals surface area (Å²) in [4.78, 5) is 14.8. The van der Waals surface area contributed by atoms with Gasteiger partial charge in [-0.15, -0.1) is 0 Å². The molecule has 0 aromatic carbocycles. The number of nitrogens with zero attached hydrogens (tertiary/aromatic N) is 1. The molecule has 0 bridgehead atoms. The van der Waals surface area contributed by atoms with E-state index in [-0.39, 0.29) is 6.04 Å². The molecular formula is C27H43NO. The van der Waals surface area contributed by atoms with Crippen LogP contribution in [0, 0.1) is 40.4 Å². The summed E-state index contributed by atoms with van der Waals surface area (Å²) in [6, 6.07) is 0.193. The Balaban J connectivity index is 1.46. The maximum absolute atomic E-state index is 10.7. The molecule has 0 radical (unpaired) electrons. The lowest BCUT2D eigenvalue weighted by molar-refractivity contribution is -0.0434. The maximum atomic E-state index is 10.7. The lowest BCUT2D eigenvalue weighted by atomic mass is 9.47. The minimum Gasteiger partial charge on any atom is -0.211 e. The number of hydrogen-bond acceptors (Lipinski definition) is 2. The fraction of sp³-hybridized carbons (Fsp3) is 0.889. The molecule has 2 nitrogen and oxygen atoms in total. The first kappa shape index (κ1) is 21.4.